The molecular formula is C17H21N3O2S. The molecule has 0 radical (unpaired) electrons. The van der Waals surface area contributed by atoms with Crippen LogP contribution in [0.3, 0.4) is 0 Å². The summed E-state index contributed by atoms with van der Waals surface area (Å²) in [5.74, 6) is 0. The van der Waals surface area contributed by atoms with Crippen molar-refractivity contribution < 1.29 is 9.53 Å². The number of hydrogen-bond donors (Lipinski definition) is 2. The second-order valence-corrected chi connectivity index (χ2v) is 6.76. The molecular weight excluding hydrogens is 310 g/mol. The molecule has 0 spiro atoms. The highest BCUT2D eigenvalue weighted by Gasteiger charge is 2.31. The van der Waals surface area contributed by atoms with Crippen LogP contribution in [-0.4, -0.2) is 23.2 Å². The largest absolute Gasteiger partial charge is 0.445 e. The fraction of sp³-hybridized carbons (Fsp3) is 0.412. The third-order valence-corrected chi connectivity index (χ3v) is 4.94. The van der Waals surface area contributed by atoms with Crippen molar-refractivity contribution in [3.63, 3.8) is 0 Å². The van der Waals surface area contributed by atoms with E-state index in [0.717, 1.165) is 23.4 Å². The summed E-state index contributed by atoms with van der Waals surface area (Å²) in [5, 5.41) is 9.53. The Bertz CT molecular complexity index is 612. The number of carbonyl (C=O) groups is 1. The van der Waals surface area contributed by atoms with E-state index >= 15 is 0 Å². The van der Waals surface area contributed by atoms with Gasteiger partial charge in [0.25, 0.3) is 0 Å². The lowest BCUT2D eigenvalue weighted by Crippen LogP contribution is -2.52. The van der Waals surface area contributed by atoms with Gasteiger partial charge in [-0.25, -0.2) is 9.78 Å². The fourth-order valence-electron chi connectivity index (χ4n) is 2.68. The zero-order valence-corrected chi connectivity index (χ0v) is 13.9. The molecule has 0 aliphatic heterocycles. The van der Waals surface area contributed by atoms with Crippen molar-refractivity contribution in [2.45, 2.75) is 44.5 Å². The minimum absolute atomic E-state index is 0.194. The van der Waals surface area contributed by atoms with E-state index in [9.17, 15) is 4.79 Å². The van der Waals surface area contributed by atoms with Gasteiger partial charge in [-0.1, -0.05) is 30.3 Å². The summed E-state index contributed by atoms with van der Waals surface area (Å²) >= 11 is 1.66. The zero-order chi connectivity index (χ0) is 16.1. The Morgan fingerprint density at radius 2 is 2.13 bits per heavy atom. The number of alkyl carbamates (subject to hydrolysis) is 1. The van der Waals surface area contributed by atoms with Gasteiger partial charge in [0.2, 0.25) is 0 Å². The summed E-state index contributed by atoms with van der Waals surface area (Å²) in [4.78, 5) is 16.1. The summed E-state index contributed by atoms with van der Waals surface area (Å²) in [6, 6.07) is 10.6. The summed E-state index contributed by atoms with van der Waals surface area (Å²) in [5.41, 5.74) is 0.994. The molecule has 3 rings (SSSR count). The predicted molar refractivity (Wildman–Crippen MR) is 90.2 cm³/mol. The molecule has 1 amide bonds. The molecule has 1 atom stereocenters. The maximum atomic E-state index is 11.8. The third kappa shape index (κ3) is 4.53. The number of thiazole rings is 1. The quantitative estimate of drug-likeness (QED) is 0.853. The number of nitrogens with one attached hydrogen (secondary N) is 2. The molecule has 1 heterocycles. The van der Waals surface area contributed by atoms with Gasteiger partial charge in [-0.15, -0.1) is 11.3 Å². The Kier molecular flexibility index (Phi) is 5.25. The number of amides is 1. The van der Waals surface area contributed by atoms with E-state index in [4.69, 9.17) is 4.74 Å². The van der Waals surface area contributed by atoms with Crippen molar-refractivity contribution in [3.8, 4) is 0 Å². The summed E-state index contributed by atoms with van der Waals surface area (Å²) in [6.45, 7) is 2.43. The average Bonchev–Trinajstić information content (AvgIpc) is 3.06. The van der Waals surface area contributed by atoms with Gasteiger partial charge in [0.05, 0.1) is 6.04 Å². The number of benzene rings is 1. The van der Waals surface area contributed by atoms with Crippen LogP contribution in [0.5, 0.6) is 0 Å². The predicted octanol–water partition coefficient (Wildman–Crippen LogP) is 3.25. The van der Waals surface area contributed by atoms with E-state index < -0.39 is 0 Å². The van der Waals surface area contributed by atoms with E-state index in [-0.39, 0.29) is 18.2 Å². The Balaban J connectivity index is 1.33. The van der Waals surface area contributed by atoms with Crippen molar-refractivity contribution in [2.24, 2.45) is 0 Å². The number of aromatic nitrogens is 1. The van der Waals surface area contributed by atoms with Gasteiger partial charge in [-0.05, 0) is 25.3 Å². The van der Waals surface area contributed by atoms with Crippen molar-refractivity contribution >= 4 is 17.4 Å². The van der Waals surface area contributed by atoms with Gasteiger partial charge in [0.15, 0.2) is 0 Å². The minimum Gasteiger partial charge on any atom is -0.445 e. The average molecular weight is 331 g/mol. The highest BCUT2D eigenvalue weighted by Crippen LogP contribution is 2.24. The van der Waals surface area contributed by atoms with Crippen LogP contribution >= 0.6 is 11.3 Å². The van der Waals surface area contributed by atoms with Crippen LogP contribution in [0, 0.1) is 0 Å². The second-order valence-electron chi connectivity index (χ2n) is 5.83. The summed E-state index contributed by atoms with van der Waals surface area (Å²) < 4.78 is 5.23. The highest BCUT2D eigenvalue weighted by atomic mass is 32.1. The molecule has 122 valence electrons. The van der Waals surface area contributed by atoms with Gasteiger partial charge in [-0.2, -0.15) is 0 Å². The number of hydrogen-bond acceptors (Lipinski definition) is 5. The molecule has 1 aromatic carbocycles. The first-order valence-electron chi connectivity index (χ1n) is 7.83. The molecule has 1 aliphatic carbocycles. The molecule has 0 bridgehead atoms. The third-order valence-electron chi connectivity index (χ3n) is 3.98. The summed E-state index contributed by atoms with van der Waals surface area (Å²) in [7, 11) is 0. The van der Waals surface area contributed by atoms with E-state index in [2.05, 4.69) is 22.5 Å². The zero-order valence-electron chi connectivity index (χ0n) is 13.1. The van der Waals surface area contributed by atoms with Crippen molar-refractivity contribution in [3.05, 3.63) is 52.5 Å². The topological polar surface area (TPSA) is 63.2 Å². The molecule has 0 saturated heterocycles. The molecule has 1 aromatic heterocycles. The number of carbonyl (C=O) groups excluding carboxylic acids is 1. The lowest BCUT2D eigenvalue weighted by Gasteiger charge is -2.37. The molecule has 1 saturated carbocycles. The van der Waals surface area contributed by atoms with Crippen LogP contribution in [0.4, 0.5) is 4.79 Å². The highest BCUT2D eigenvalue weighted by molar-refractivity contribution is 7.09. The van der Waals surface area contributed by atoms with Crippen molar-refractivity contribution in [1.29, 1.82) is 0 Å². The Hall–Kier alpha value is -1.92. The van der Waals surface area contributed by atoms with Crippen molar-refractivity contribution in [1.82, 2.24) is 15.6 Å². The van der Waals surface area contributed by atoms with Gasteiger partial charge >= 0.3 is 6.09 Å². The van der Waals surface area contributed by atoms with Gasteiger partial charge in [0, 0.05) is 23.7 Å². The smallest absolute Gasteiger partial charge is 0.407 e. The first-order valence-corrected chi connectivity index (χ1v) is 8.71. The van der Waals surface area contributed by atoms with Crippen LogP contribution in [0.25, 0.3) is 0 Å². The van der Waals surface area contributed by atoms with E-state index in [1.54, 1.807) is 11.3 Å². The van der Waals surface area contributed by atoms with Gasteiger partial charge < -0.3 is 15.4 Å². The number of ether oxygens (including phenoxy) is 1. The molecule has 6 heteroatoms. The molecule has 5 nitrogen and oxygen atoms in total. The lowest BCUT2D eigenvalue weighted by molar-refractivity contribution is 0.124. The maximum Gasteiger partial charge on any atom is 0.407 e. The van der Waals surface area contributed by atoms with Gasteiger partial charge in [0.1, 0.15) is 11.6 Å². The monoisotopic (exact) mass is 331 g/mol. The summed E-state index contributed by atoms with van der Waals surface area (Å²) in [6.07, 6.45) is 3.34. The maximum absolute atomic E-state index is 11.8. The minimum atomic E-state index is -0.342. The molecule has 2 N–H and O–H groups in total. The normalized spacial score (nSPS) is 21.3. The van der Waals surface area contributed by atoms with Crippen LogP contribution in [0.2, 0.25) is 0 Å². The number of rotatable bonds is 6. The first-order chi connectivity index (χ1) is 11.2. The Morgan fingerprint density at radius 1 is 1.35 bits per heavy atom. The molecule has 1 aliphatic rings. The molecule has 1 unspecified atom stereocenters. The standard InChI is InChI=1S/C17H21N3O2S/c1-12(16-18-7-8-23-16)19-14-9-15(10-14)20-17(21)22-11-13-5-3-2-4-6-13/h2-8,12,14-15,19H,9-11H2,1H3,(H,20,21). The van der Waals surface area contributed by atoms with Crippen molar-refractivity contribution in [2.75, 3.05) is 0 Å². The molecule has 2 aromatic rings. The van der Waals surface area contributed by atoms with Crippen LogP contribution in [0.15, 0.2) is 41.9 Å². The Labute approximate surface area is 140 Å². The SMILES string of the molecule is CC(NC1CC(NC(=O)OCc2ccccc2)C1)c1nccs1. The van der Waals surface area contributed by atoms with Crippen LogP contribution < -0.4 is 10.6 Å². The van der Waals surface area contributed by atoms with E-state index in [0.29, 0.717) is 12.6 Å². The van der Waals surface area contributed by atoms with Crippen LogP contribution in [-0.2, 0) is 11.3 Å². The van der Waals surface area contributed by atoms with Gasteiger partial charge in [-0.3, -0.25) is 0 Å². The lowest BCUT2D eigenvalue weighted by atomic mass is 9.86. The van der Waals surface area contributed by atoms with E-state index in [1.807, 2.05) is 41.9 Å². The second kappa shape index (κ2) is 7.57. The Morgan fingerprint density at radius 3 is 2.83 bits per heavy atom. The number of nitrogens with zero attached hydrogens (tertiary/aromatic N) is 1. The first kappa shape index (κ1) is 16.0. The fourth-order valence-corrected chi connectivity index (χ4v) is 3.33. The molecule has 23 heavy (non-hydrogen) atoms. The van der Waals surface area contributed by atoms with E-state index in [1.165, 1.54) is 0 Å². The molecule has 1 fully saturated rings. The van der Waals surface area contributed by atoms with Crippen LogP contribution in [0.1, 0.15) is 36.4 Å².